The van der Waals surface area contributed by atoms with Crippen molar-refractivity contribution >= 4 is 41.5 Å². The van der Waals surface area contributed by atoms with Crippen molar-refractivity contribution in [3.63, 3.8) is 0 Å². The molecule has 3 rings (SSSR count). The van der Waals surface area contributed by atoms with Gasteiger partial charge in [0.2, 0.25) is 5.91 Å². The summed E-state index contributed by atoms with van der Waals surface area (Å²) in [7, 11) is 0. The van der Waals surface area contributed by atoms with Gasteiger partial charge in [0.15, 0.2) is 0 Å². The van der Waals surface area contributed by atoms with Gasteiger partial charge in [0, 0.05) is 6.54 Å². The third-order valence-corrected chi connectivity index (χ3v) is 5.05. The number of amides is 1. The maximum atomic E-state index is 12.4. The zero-order valence-corrected chi connectivity index (χ0v) is 14.7. The van der Waals surface area contributed by atoms with Gasteiger partial charge in [-0.05, 0) is 55.8 Å². The Hall–Kier alpha value is -0.480. The van der Waals surface area contributed by atoms with Crippen LogP contribution >= 0.6 is 35.6 Å². The summed E-state index contributed by atoms with van der Waals surface area (Å²) in [6, 6.07) is 5.81. The van der Waals surface area contributed by atoms with Crippen molar-refractivity contribution in [1.82, 2.24) is 10.2 Å². The summed E-state index contributed by atoms with van der Waals surface area (Å²) in [6.45, 7) is 2.24. The molecule has 1 aromatic carbocycles. The molecule has 1 saturated heterocycles. The van der Waals surface area contributed by atoms with Crippen LogP contribution in [-0.2, 0) is 4.79 Å². The summed E-state index contributed by atoms with van der Waals surface area (Å²) in [5.74, 6) is 0.978. The lowest BCUT2D eigenvalue weighted by Crippen LogP contribution is -2.38. The van der Waals surface area contributed by atoms with Crippen LogP contribution in [0.15, 0.2) is 18.2 Å². The Kier molecular flexibility index (Phi) is 6.39. The van der Waals surface area contributed by atoms with Crippen LogP contribution in [-0.4, -0.2) is 30.4 Å². The lowest BCUT2D eigenvalue weighted by molar-refractivity contribution is -0.131. The minimum atomic E-state index is 0. The minimum Gasteiger partial charge on any atom is -0.335 e. The van der Waals surface area contributed by atoms with E-state index in [-0.39, 0.29) is 24.4 Å². The van der Waals surface area contributed by atoms with Crippen LogP contribution in [0.4, 0.5) is 0 Å². The summed E-state index contributed by atoms with van der Waals surface area (Å²) in [6.07, 6.45) is 4.64. The van der Waals surface area contributed by atoms with Gasteiger partial charge in [-0.1, -0.05) is 29.3 Å². The number of likely N-dealkylation sites (tertiary alicyclic amines) is 1. The molecule has 1 amide bonds. The molecule has 6 heteroatoms. The molecule has 1 aliphatic carbocycles. The average Bonchev–Trinajstić information content (AvgIpc) is 3.15. The highest BCUT2D eigenvalue weighted by Crippen LogP contribution is 2.35. The van der Waals surface area contributed by atoms with E-state index in [1.54, 1.807) is 0 Å². The third kappa shape index (κ3) is 4.29. The third-order valence-electron chi connectivity index (χ3n) is 4.31. The van der Waals surface area contributed by atoms with Crippen LogP contribution in [0.5, 0.6) is 0 Å². The van der Waals surface area contributed by atoms with Crippen LogP contribution in [0.25, 0.3) is 0 Å². The second-order valence-corrected chi connectivity index (χ2v) is 6.81. The highest BCUT2D eigenvalue weighted by molar-refractivity contribution is 6.42. The predicted molar refractivity (Wildman–Crippen MR) is 93.0 cm³/mol. The Bertz CT molecular complexity index is 534. The van der Waals surface area contributed by atoms with Gasteiger partial charge in [-0.25, -0.2) is 0 Å². The minimum absolute atomic E-state index is 0. The number of hydrogen-bond donors (Lipinski definition) is 1. The average molecular weight is 364 g/mol. The number of benzene rings is 1. The summed E-state index contributed by atoms with van der Waals surface area (Å²) in [4.78, 5) is 14.4. The Morgan fingerprint density at radius 1 is 1.23 bits per heavy atom. The predicted octanol–water partition coefficient (Wildman–Crippen LogP) is 4.08. The fourth-order valence-electron chi connectivity index (χ4n) is 2.94. The molecule has 0 bridgehead atoms. The highest BCUT2D eigenvalue weighted by Gasteiger charge is 2.30. The van der Waals surface area contributed by atoms with E-state index < -0.39 is 0 Å². The number of rotatable bonds is 5. The van der Waals surface area contributed by atoms with Crippen LogP contribution < -0.4 is 5.32 Å². The number of carbonyl (C=O) groups excluding carboxylic acids is 1. The summed E-state index contributed by atoms with van der Waals surface area (Å²) < 4.78 is 0. The standard InChI is InChI=1S/C16H20Cl2N2O.ClH/c17-13-6-5-12(8-14(13)18)15-2-1-7-20(15)16(21)10-19-9-11-3-4-11;/h5-6,8,11,15,19H,1-4,7,9-10H2;1H. The maximum absolute atomic E-state index is 12.4. The Labute approximate surface area is 147 Å². The molecule has 0 radical (unpaired) electrons. The molecule has 0 spiro atoms. The smallest absolute Gasteiger partial charge is 0.237 e. The number of nitrogens with one attached hydrogen (secondary N) is 1. The zero-order valence-electron chi connectivity index (χ0n) is 12.4. The van der Waals surface area contributed by atoms with Crippen LogP contribution in [0.2, 0.25) is 10.0 Å². The maximum Gasteiger partial charge on any atom is 0.237 e. The fourth-order valence-corrected chi connectivity index (χ4v) is 3.24. The Morgan fingerprint density at radius 2 is 2.00 bits per heavy atom. The second kappa shape index (κ2) is 7.87. The van der Waals surface area contributed by atoms with Gasteiger partial charge < -0.3 is 10.2 Å². The number of hydrogen-bond acceptors (Lipinski definition) is 2. The van der Waals surface area contributed by atoms with E-state index in [2.05, 4.69) is 5.32 Å². The van der Waals surface area contributed by atoms with Crippen LogP contribution in [0, 0.1) is 5.92 Å². The Balaban J connectivity index is 0.00000176. The van der Waals surface area contributed by atoms with Gasteiger partial charge in [0.05, 0.1) is 22.6 Å². The monoisotopic (exact) mass is 362 g/mol. The van der Waals surface area contributed by atoms with Crippen molar-refractivity contribution in [2.24, 2.45) is 5.92 Å². The van der Waals surface area contributed by atoms with Gasteiger partial charge in [-0.3, -0.25) is 4.79 Å². The summed E-state index contributed by atoms with van der Waals surface area (Å²) >= 11 is 12.1. The summed E-state index contributed by atoms with van der Waals surface area (Å²) in [5.41, 5.74) is 1.08. The van der Waals surface area contributed by atoms with Crippen molar-refractivity contribution in [3.8, 4) is 0 Å². The molecule has 1 aromatic rings. The normalized spacial score (nSPS) is 20.8. The van der Waals surface area contributed by atoms with Crippen molar-refractivity contribution in [1.29, 1.82) is 0 Å². The molecule has 1 aliphatic heterocycles. The quantitative estimate of drug-likeness (QED) is 0.855. The van der Waals surface area contributed by atoms with E-state index in [9.17, 15) is 4.79 Å². The lowest BCUT2D eigenvalue weighted by Gasteiger charge is -2.25. The molecule has 1 heterocycles. The highest BCUT2D eigenvalue weighted by atomic mass is 35.5. The van der Waals surface area contributed by atoms with Crippen molar-refractivity contribution in [2.45, 2.75) is 31.7 Å². The summed E-state index contributed by atoms with van der Waals surface area (Å²) in [5, 5.41) is 4.39. The first-order valence-electron chi connectivity index (χ1n) is 7.60. The van der Waals surface area contributed by atoms with Crippen LogP contribution in [0.3, 0.4) is 0 Å². The van der Waals surface area contributed by atoms with Crippen molar-refractivity contribution < 1.29 is 4.79 Å². The van der Waals surface area contributed by atoms with Gasteiger partial charge in [0.25, 0.3) is 0 Å². The number of carbonyl (C=O) groups is 1. The number of nitrogens with zero attached hydrogens (tertiary/aromatic N) is 1. The molecule has 1 unspecified atom stereocenters. The number of halogens is 3. The molecule has 1 saturated carbocycles. The van der Waals surface area contributed by atoms with E-state index in [1.807, 2.05) is 23.1 Å². The molecule has 1 N–H and O–H groups in total. The molecular formula is C16H21Cl3N2O. The molecule has 2 aliphatic rings. The van der Waals surface area contributed by atoms with E-state index >= 15 is 0 Å². The molecule has 3 nitrogen and oxygen atoms in total. The second-order valence-electron chi connectivity index (χ2n) is 5.99. The van der Waals surface area contributed by atoms with Crippen LogP contribution in [0.1, 0.15) is 37.3 Å². The van der Waals surface area contributed by atoms with Gasteiger partial charge in [-0.2, -0.15) is 0 Å². The molecule has 122 valence electrons. The van der Waals surface area contributed by atoms with Gasteiger partial charge in [0.1, 0.15) is 0 Å². The van der Waals surface area contributed by atoms with E-state index in [4.69, 9.17) is 23.2 Å². The molecule has 2 fully saturated rings. The van der Waals surface area contributed by atoms with E-state index in [0.29, 0.717) is 16.6 Å². The first-order valence-corrected chi connectivity index (χ1v) is 8.36. The Morgan fingerprint density at radius 3 is 2.68 bits per heavy atom. The fraction of sp³-hybridized carbons (Fsp3) is 0.562. The van der Waals surface area contributed by atoms with E-state index in [0.717, 1.165) is 37.4 Å². The largest absolute Gasteiger partial charge is 0.335 e. The van der Waals surface area contributed by atoms with Crippen molar-refractivity contribution in [2.75, 3.05) is 19.6 Å². The molecule has 22 heavy (non-hydrogen) atoms. The van der Waals surface area contributed by atoms with Gasteiger partial charge in [-0.15, -0.1) is 12.4 Å². The first-order chi connectivity index (χ1) is 10.1. The topological polar surface area (TPSA) is 32.3 Å². The molecular weight excluding hydrogens is 343 g/mol. The molecule has 1 atom stereocenters. The SMILES string of the molecule is Cl.O=C(CNCC1CC1)N1CCCC1c1ccc(Cl)c(Cl)c1. The van der Waals surface area contributed by atoms with E-state index in [1.165, 1.54) is 12.8 Å². The van der Waals surface area contributed by atoms with Gasteiger partial charge >= 0.3 is 0 Å². The first kappa shape index (κ1) is 17.9. The zero-order chi connectivity index (χ0) is 14.8. The molecule has 0 aromatic heterocycles. The lowest BCUT2D eigenvalue weighted by atomic mass is 10.0. The van der Waals surface area contributed by atoms with Crippen molar-refractivity contribution in [3.05, 3.63) is 33.8 Å².